The fourth-order valence-electron chi connectivity index (χ4n) is 3.05. The minimum Gasteiger partial charge on any atom is -0.444 e. The molecule has 5 nitrogen and oxygen atoms in total. The highest BCUT2D eigenvalue weighted by Gasteiger charge is 2.32. The summed E-state index contributed by atoms with van der Waals surface area (Å²) in [5, 5.41) is 3.11. The predicted octanol–water partition coefficient (Wildman–Crippen LogP) is 2.69. The van der Waals surface area contributed by atoms with E-state index in [1.165, 1.54) is 6.42 Å². The first-order valence-electron chi connectivity index (χ1n) is 8.13. The molecule has 21 heavy (non-hydrogen) atoms. The molecule has 0 aromatic heterocycles. The maximum absolute atomic E-state index is 12.2. The lowest BCUT2D eigenvalue weighted by Gasteiger charge is -2.25. The van der Waals surface area contributed by atoms with Crippen molar-refractivity contribution >= 4 is 12.0 Å². The second kappa shape index (κ2) is 6.67. The van der Waals surface area contributed by atoms with E-state index in [4.69, 9.17) is 4.74 Å². The van der Waals surface area contributed by atoms with Crippen LogP contribution in [0.5, 0.6) is 0 Å². The van der Waals surface area contributed by atoms with Crippen molar-refractivity contribution in [3.8, 4) is 0 Å². The molecule has 0 spiro atoms. The van der Waals surface area contributed by atoms with E-state index >= 15 is 0 Å². The van der Waals surface area contributed by atoms with Crippen LogP contribution in [0, 0.1) is 5.92 Å². The number of carbonyl (C=O) groups excluding carboxylic acids is 2. The van der Waals surface area contributed by atoms with Crippen molar-refractivity contribution in [2.45, 2.75) is 70.9 Å². The Labute approximate surface area is 127 Å². The lowest BCUT2D eigenvalue weighted by atomic mass is 9.88. The molecule has 1 N–H and O–H groups in total. The number of hydrogen-bond acceptors (Lipinski definition) is 3. The Morgan fingerprint density at radius 3 is 2.38 bits per heavy atom. The van der Waals surface area contributed by atoms with Gasteiger partial charge in [0.2, 0.25) is 5.91 Å². The second-order valence-electron chi connectivity index (χ2n) is 7.26. The largest absolute Gasteiger partial charge is 0.444 e. The summed E-state index contributed by atoms with van der Waals surface area (Å²) in [5.41, 5.74) is -0.472. The highest BCUT2D eigenvalue weighted by Crippen LogP contribution is 2.24. The monoisotopic (exact) mass is 296 g/mol. The van der Waals surface area contributed by atoms with Gasteiger partial charge in [-0.2, -0.15) is 0 Å². The fourth-order valence-corrected chi connectivity index (χ4v) is 3.05. The number of hydrogen-bond donors (Lipinski definition) is 1. The summed E-state index contributed by atoms with van der Waals surface area (Å²) in [4.78, 5) is 25.9. The Morgan fingerprint density at radius 1 is 1.10 bits per heavy atom. The summed E-state index contributed by atoms with van der Waals surface area (Å²) >= 11 is 0. The van der Waals surface area contributed by atoms with Gasteiger partial charge in [-0.25, -0.2) is 4.79 Å². The van der Waals surface area contributed by atoms with E-state index in [1.54, 1.807) is 4.90 Å². The first-order chi connectivity index (χ1) is 9.85. The molecule has 0 aromatic rings. The summed E-state index contributed by atoms with van der Waals surface area (Å²) < 4.78 is 5.37. The van der Waals surface area contributed by atoms with Crippen LogP contribution in [-0.4, -0.2) is 41.6 Å². The molecule has 5 heteroatoms. The van der Waals surface area contributed by atoms with Crippen LogP contribution in [0.25, 0.3) is 0 Å². The Hall–Kier alpha value is -1.26. The molecule has 0 radical (unpaired) electrons. The van der Waals surface area contributed by atoms with E-state index in [2.05, 4.69) is 5.32 Å². The fraction of sp³-hybridized carbons (Fsp3) is 0.875. The van der Waals surface area contributed by atoms with Crippen molar-refractivity contribution in [3.63, 3.8) is 0 Å². The molecule has 0 unspecified atom stereocenters. The molecule has 2 amide bonds. The average Bonchev–Trinajstić information content (AvgIpc) is 2.86. The van der Waals surface area contributed by atoms with Gasteiger partial charge in [-0.3, -0.25) is 4.79 Å². The van der Waals surface area contributed by atoms with Crippen LogP contribution in [0.1, 0.15) is 59.3 Å². The number of nitrogens with one attached hydrogen (secondary N) is 1. The molecular weight excluding hydrogens is 268 g/mol. The standard InChI is InChI=1S/C16H28N2O3/c1-16(2,3)21-15(20)18-10-9-13(11-18)17-14(19)12-7-5-4-6-8-12/h12-13H,4-11H2,1-3H3,(H,17,19)/t13-/m1/s1. The number of ether oxygens (including phenoxy) is 1. The summed E-state index contributed by atoms with van der Waals surface area (Å²) in [5.74, 6) is 0.347. The van der Waals surface area contributed by atoms with E-state index in [9.17, 15) is 9.59 Å². The van der Waals surface area contributed by atoms with Gasteiger partial charge < -0.3 is 15.0 Å². The third-order valence-electron chi connectivity index (χ3n) is 4.16. The zero-order valence-electron chi connectivity index (χ0n) is 13.5. The molecule has 1 saturated heterocycles. The van der Waals surface area contributed by atoms with Crippen LogP contribution < -0.4 is 5.32 Å². The number of likely N-dealkylation sites (tertiary alicyclic amines) is 1. The van der Waals surface area contributed by atoms with Crippen LogP contribution >= 0.6 is 0 Å². The minimum atomic E-state index is -0.472. The smallest absolute Gasteiger partial charge is 0.410 e. The van der Waals surface area contributed by atoms with E-state index in [0.717, 1.165) is 32.1 Å². The van der Waals surface area contributed by atoms with Crippen molar-refractivity contribution in [3.05, 3.63) is 0 Å². The van der Waals surface area contributed by atoms with Gasteiger partial charge in [0.25, 0.3) is 0 Å². The van der Waals surface area contributed by atoms with Crippen molar-refractivity contribution in [1.29, 1.82) is 0 Å². The van der Waals surface area contributed by atoms with Gasteiger partial charge in [0.1, 0.15) is 5.60 Å². The molecule has 1 aliphatic carbocycles. The lowest BCUT2D eigenvalue weighted by Crippen LogP contribution is -2.42. The highest BCUT2D eigenvalue weighted by atomic mass is 16.6. The van der Waals surface area contributed by atoms with E-state index in [0.29, 0.717) is 13.1 Å². The van der Waals surface area contributed by atoms with Gasteiger partial charge in [-0.15, -0.1) is 0 Å². The van der Waals surface area contributed by atoms with E-state index < -0.39 is 5.60 Å². The first-order valence-corrected chi connectivity index (χ1v) is 8.13. The quantitative estimate of drug-likeness (QED) is 0.852. The molecule has 2 aliphatic rings. The van der Waals surface area contributed by atoms with Crippen LogP contribution in [0.15, 0.2) is 0 Å². The van der Waals surface area contributed by atoms with Crippen molar-refractivity contribution in [1.82, 2.24) is 10.2 Å². The number of nitrogens with zero attached hydrogens (tertiary/aromatic N) is 1. The normalized spacial score (nSPS) is 24.0. The summed E-state index contributed by atoms with van der Waals surface area (Å²) in [6, 6.07) is 0.0759. The molecule has 1 heterocycles. The predicted molar refractivity (Wildman–Crippen MR) is 80.9 cm³/mol. The third-order valence-corrected chi connectivity index (χ3v) is 4.16. The number of carbonyl (C=O) groups is 2. The summed E-state index contributed by atoms with van der Waals surface area (Å²) in [7, 11) is 0. The number of amides is 2. The summed E-state index contributed by atoms with van der Waals surface area (Å²) in [6.07, 6.45) is 6.12. The lowest BCUT2D eigenvalue weighted by molar-refractivity contribution is -0.126. The van der Waals surface area contributed by atoms with E-state index in [1.807, 2.05) is 20.8 Å². The minimum absolute atomic E-state index is 0.0759. The van der Waals surface area contributed by atoms with Gasteiger partial charge in [-0.1, -0.05) is 19.3 Å². The van der Waals surface area contributed by atoms with E-state index in [-0.39, 0.29) is 24.0 Å². The molecule has 120 valence electrons. The third kappa shape index (κ3) is 4.90. The maximum Gasteiger partial charge on any atom is 0.410 e. The van der Waals surface area contributed by atoms with Crippen LogP contribution in [0.3, 0.4) is 0 Å². The zero-order chi connectivity index (χ0) is 15.5. The van der Waals surface area contributed by atoms with Crippen molar-refractivity contribution < 1.29 is 14.3 Å². The molecule has 1 aliphatic heterocycles. The molecule has 0 bridgehead atoms. The SMILES string of the molecule is CC(C)(C)OC(=O)N1CC[C@@H](NC(=O)C2CCCCC2)C1. The van der Waals surface area contributed by atoms with Crippen LogP contribution in [-0.2, 0) is 9.53 Å². The Balaban J connectivity index is 1.77. The van der Waals surface area contributed by atoms with Gasteiger partial charge in [0.15, 0.2) is 0 Å². The molecule has 2 fully saturated rings. The molecular formula is C16H28N2O3. The van der Waals surface area contributed by atoms with Gasteiger partial charge in [-0.05, 0) is 40.0 Å². The molecule has 1 saturated carbocycles. The Bertz CT molecular complexity index is 383. The van der Waals surface area contributed by atoms with Crippen LogP contribution in [0.4, 0.5) is 4.79 Å². The van der Waals surface area contributed by atoms with Gasteiger partial charge >= 0.3 is 6.09 Å². The topological polar surface area (TPSA) is 58.6 Å². The second-order valence-corrected chi connectivity index (χ2v) is 7.26. The van der Waals surface area contributed by atoms with Crippen molar-refractivity contribution in [2.75, 3.05) is 13.1 Å². The Morgan fingerprint density at radius 2 is 1.76 bits per heavy atom. The first kappa shape index (κ1) is 16.1. The number of rotatable bonds is 2. The maximum atomic E-state index is 12.2. The molecule has 1 atom stereocenters. The van der Waals surface area contributed by atoms with Crippen molar-refractivity contribution in [2.24, 2.45) is 5.92 Å². The molecule has 2 rings (SSSR count). The Kier molecular flexibility index (Phi) is 5.12. The highest BCUT2D eigenvalue weighted by molar-refractivity contribution is 5.79. The van der Waals surface area contributed by atoms with Gasteiger partial charge in [0, 0.05) is 25.0 Å². The zero-order valence-corrected chi connectivity index (χ0v) is 13.5. The van der Waals surface area contributed by atoms with Gasteiger partial charge in [0.05, 0.1) is 0 Å². The average molecular weight is 296 g/mol. The summed E-state index contributed by atoms with van der Waals surface area (Å²) in [6.45, 7) is 6.81. The van der Waals surface area contributed by atoms with Crippen LogP contribution in [0.2, 0.25) is 0 Å². The molecule has 0 aromatic carbocycles.